The van der Waals surface area contributed by atoms with Crippen LogP contribution in [0.1, 0.15) is 5.56 Å². The maximum Gasteiger partial charge on any atom is 0.262 e. The topological polar surface area (TPSA) is 80.2 Å². The molecule has 0 spiro atoms. The lowest BCUT2D eigenvalue weighted by Gasteiger charge is -2.12. The summed E-state index contributed by atoms with van der Waals surface area (Å²) in [5.41, 5.74) is 1.38. The van der Waals surface area contributed by atoms with Crippen LogP contribution >= 0.6 is 0 Å². The molecule has 0 unspecified atom stereocenters. The van der Waals surface area contributed by atoms with Gasteiger partial charge in [0.25, 0.3) is 5.91 Å². The zero-order valence-electron chi connectivity index (χ0n) is 14.2. The first-order chi connectivity index (χ1) is 12.7. The number of nitrogens with one attached hydrogen (secondary N) is 1. The number of anilines is 1. The lowest BCUT2D eigenvalue weighted by atomic mass is 10.1. The van der Waals surface area contributed by atoms with Gasteiger partial charge in [0.05, 0.1) is 13.3 Å². The molecule has 3 aromatic carbocycles. The third-order valence-corrected chi connectivity index (χ3v) is 3.82. The zero-order chi connectivity index (χ0) is 18.4. The summed E-state index contributed by atoms with van der Waals surface area (Å²) < 4.78 is 10.8. The number of rotatable bonds is 6. The van der Waals surface area contributed by atoms with Crippen molar-refractivity contribution in [3.8, 4) is 11.5 Å². The summed E-state index contributed by atoms with van der Waals surface area (Å²) in [7, 11) is 1.50. The van der Waals surface area contributed by atoms with Crippen LogP contribution in [0, 0.1) is 0 Å². The fourth-order valence-corrected chi connectivity index (χ4v) is 2.61. The van der Waals surface area contributed by atoms with Crippen LogP contribution in [0.15, 0.2) is 65.8 Å². The van der Waals surface area contributed by atoms with Gasteiger partial charge in [0.1, 0.15) is 0 Å². The number of carbonyl (C=O) groups excluding carboxylic acids is 1. The molecule has 0 aliphatic rings. The summed E-state index contributed by atoms with van der Waals surface area (Å²) in [5.74, 6) is 0.598. The highest BCUT2D eigenvalue weighted by Gasteiger charge is 2.10. The monoisotopic (exact) mass is 350 g/mol. The number of amides is 1. The van der Waals surface area contributed by atoms with Gasteiger partial charge in [-0.3, -0.25) is 4.79 Å². The Kier molecular flexibility index (Phi) is 5.34. The number of hydrogen-bond acceptors (Lipinski definition) is 5. The lowest BCUT2D eigenvalue weighted by molar-refractivity contribution is -0.118. The second kappa shape index (κ2) is 8.02. The smallest absolute Gasteiger partial charge is 0.262 e. The molecule has 6 nitrogen and oxygen atoms in total. The highest BCUT2D eigenvalue weighted by molar-refractivity contribution is 6.02. The normalized spacial score (nSPS) is 10.8. The van der Waals surface area contributed by atoms with Crippen LogP contribution in [0.2, 0.25) is 0 Å². The van der Waals surface area contributed by atoms with Gasteiger partial charge in [-0.25, -0.2) is 0 Å². The minimum absolute atomic E-state index is 0.160. The Morgan fingerprint density at radius 1 is 1.12 bits per heavy atom. The Labute approximate surface area is 150 Å². The molecule has 26 heavy (non-hydrogen) atoms. The van der Waals surface area contributed by atoms with Crippen molar-refractivity contribution >= 4 is 28.6 Å². The average Bonchev–Trinajstić information content (AvgIpc) is 2.67. The molecule has 0 bridgehead atoms. The number of nitrogens with zero attached hydrogens (tertiary/aromatic N) is 1. The standard InChI is InChI=1S/C20H18N2O4/c1-25-19-11-14(12-21-24)9-10-18(19)26-13-20(23)22-17-8-4-6-15-5-2-3-7-16(15)17/h2-12,24H,13H2,1H3,(H,22,23)/b21-12+. The Bertz CT molecular complexity index is 948. The minimum atomic E-state index is -0.274. The number of carbonyl (C=O) groups is 1. The number of oxime groups is 1. The first-order valence-corrected chi connectivity index (χ1v) is 7.97. The highest BCUT2D eigenvalue weighted by Crippen LogP contribution is 2.28. The van der Waals surface area contributed by atoms with Crippen molar-refractivity contribution in [3.63, 3.8) is 0 Å². The highest BCUT2D eigenvalue weighted by atomic mass is 16.5. The molecule has 3 aromatic rings. The SMILES string of the molecule is COc1cc(/C=N/O)ccc1OCC(=O)Nc1cccc2ccccc12. The predicted molar refractivity (Wildman–Crippen MR) is 100 cm³/mol. The fraction of sp³-hybridized carbons (Fsp3) is 0.100. The summed E-state index contributed by atoms with van der Waals surface area (Å²) in [5, 5.41) is 16.4. The van der Waals surface area contributed by atoms with Crippen LogP contribution < -0.4 is 14.8 Å². The molecular formula is C20H18N2O4. The maximum absolute atomic E-state index is 12.3. The first-order valence-electron chi connectivity index (χ1n) is 7.97. The van der Waals surface area contributed by atoms with Crippen LogP contribution in [0.4, 0.5) is 5.69 Å². The Morgan fingerprint density at radius 3 is 2.73 bits per heavy atom. The molecule has 0 aliphatic heterocycles. The Hall–Kier alpha value is -3.54. The quantitative estimate of drug-likeness (QED) is 0.404. The van der Waals surface area contributed by atoms with Crippen molar-refractivity contribution < 1.29 is 19.5 Å². The molecule has 2 N–H and O–H groups in total. The van der Waals surface area contributed by atoms with Crippen LogP contribution in [0.25, 0.3) is 10.8 Å². The molecule has 0 aliphatic carbocycles. The van der Waals surface area contributed by atoms with Crippen LogP contribution in [-0.2, 0) is 4.79 Å². The number of ether oxygens (including phenoxy) is 2. The van der Waals surface area contributed by atoms with E-state index in [9.17, 15) is 4.79 Å². The molecule has 6 heteroatoms. The molecule has 0 atom stereocenters. The van der Waals surface area contributed by atoms with Crippen LogP contribution in [0.5, 0.6) is 11.5 Å². The van der Waals surface area contributed by atoms with Gasteiger partial charge in [-0.2, -0.15) is 0 Å². The van der Waals surface area contributed by atoms with E-state index in [1.54, 1.807) is 18.2 Å². The summed E-state index contributed by atoms with van der Waals surface area (Å²) in [6.45, 7) is -0.160. The van der Waals surface area contributed by atoms with Crippen LogP contribution in [-0.4, -0.2) is 31.0 Å². The molecule has 132 valence electrons. The second-order valence-corrected chi connectivity index (χ2v) is 5.52. The van der Waals surface area contributed by atoms with E-state index >= 15 is 0 Å². The summed E-state index contributed by atoms with van der Waals surface area (Å²) >= 11 is 0. The molecule has 0 heterocycles. The van der Waals surface area contributed by atoms with Crippen molar-refractivity contribution in [1.29, 1.82) is 0 Å². The number of hydrogen-bond donors (Lipinski definition) is 2. The fourth-order valence-electron chi connectivity index (χ4n) is 2.61. The van der Waals surface area contributed by atoms with Gasteiger partial charge >= 0.3 is 0 Å². The molecule has 0 radical (unpaired) electrons. The van der Waals surface area contributed by atoms with Gasteiger partial charge in [0.15, 0.2) is 18.1 Å². The number of methoxy groups -OCH3 is 1. The van der Waals surface area contributed by atoms with Crippen molar-refractivity contribution in [1.82, 2.24) is 0 Å². The maximum atomic E-state index is 12.3. The van der Waals surface area contributed by atoms with Gasteiger partial charge in [0.2, 0.25) is 0 Å². The van der Waals surface area contributed by atoms with E-state index in [4.69, 9.17) is 14.7 Å². The lowest BCUT2D eigenvalue weighted by Crippen LogP contribution is -2.20. The zero-order valence-corrected chi connectivity index (χ0v) is 14.2. The Morgan fingerprint density at radius 2 is 1.92 bits per heavy atom. The number of fused-ring (bicyclic) bond motifs is 1. The molecule has 0 fully saturated rings. The predicted octanol–water partition coefficient (Wildman–Crippen LogP) is 3.67. The van der Waals surface area contributed by atoms with E-state index in [1.807, 2.05) is 42.5 Å². The van der Waals surface area contributed by atoms with E-state index in [0.29, 0.717) is 17.1 Å². The molecule has 1 amide bonds. The minimum Gasteiger partial charge on any atom is -0.493 e. The molecule has 0 aromatic heterocycles. The summed E-state index contributed by atoms with van der Waals surface area (Å²) in [6, 6.07) is 18.6. The van der Waals surface area contributed by atoms with Gasteiger partial charge < -0.3 is 20.0 Å². The third kappa shape index (κ3) is 3.92. The second-order valence-electron chi connectivity index (χ2n) is 5.52. The van der Waals surface area contributed by atoms with Gasteiger partial charge in [-0.05, 0) is 29.7 Å². The largest absolute Gasteiger partial charge is 0.493 e. The average molecular weight is 350 g/mol. The van der Waals surface area contributed by atoms with Crippen molar-refractivity contribution in [3.05, 3.63) is 66.2 Å². The molecule has 0 saturated carbocycles. The Balaban J connectivity index is 1.69. The van der Waals surface area contributed by atoms with E-state index < -0.39 is 0 Å². The summed E-state index contributed by atoms with van der Waals surface area (Å²) in [4.78, 5) is 12.3. The molecular weight excluding hydrogens is 332 g/mol. The van der Waals surface area contributed by atoms with E-state index in [1.165, 1.54) is 13.3 Å². The third-order valence-electron chi connectivity index (χ3n) is 3.82. The van der Waals surface area contributed by atoms with E-state index in [0.717, 1.165) is 16.5 Å². The molecule has 3 rings (SSSR count). The van der Waals surface area contributed by atoms with Gasteiger partial charge in [-0.1, -0.05) is 41.6 Å². The van der Waals surface area contributed by atoms with Crippen molar-refractivity contribution in [2.24, 2.45) is 5.16 Å². The summed E-state index contributed by atoms with van der Waals surface area (Å²) in [6.07, 6.45) is 1.28. The molecule has 0 saturated heterocycles. The van der Waals surface area contributed by atoms with E-state index in [2.05, 4.69) is 10.5 Å². The van der Waals surface area contributed by atoms with Crippen molar-refractivity contribution in [2.75, 3.05) is 19.0 Å². The van der Waals surface area contributed by atoms with Gasteiger partial charge in [0, 0.05) is 16.6 Å². The van der Waals surface area contributed by atoms with E-state index in [-0.39, 0.29) is 12.5 Å². The van der Waals surface area contributed by atoms with Crippen molar-refractivity contribution in [2.45, 2.75) is 0 Å². The van der Waals surface area contributed by atoms with Gasteiger partial charge in [-0.15, -0.1) is 0 Å². The van der Waals surface area contributed by atoms with Crippen LogP contribution in [0.3, 0.4) is 0 Å². The number of benzene rings is 3. The first kappa shape index (κ1) is 17.3.